The first-order valence-electron chi connectivity index (χ1n) is 8.56. The highest BCUT2D eigenvalue weighted by molar-refractivity contribution is 7.99. The molecule has 2 aromatic rings. The van der Waals surface area contributed by atoms with Crippen LogP contribution in [0, 0.1) is 0 Å². The fourth-order valence-electron chi connectivity index (χ4n) is 3.20. The predicted octanol–water partition coefficient (Wildman–Crippen LogP) is 3.61. The van der Waals surface area contributed by atoms with Gasteiger partial charge in [-0.2, -0.15) is 0 Å². The first-order chi connectivity index (χ1) is 13.0. The van der Waals surface area contributed by atoms with Crippen LogP contribution >= 0.6 is 35.0 Å². The Morgan fingerprint density at radius 1 is 1.04 bits per heavy atom. The zero-order chi connectivity index (χ0) is 19.0. The van der Waals surface area contributed by atoms with Crippen LogP contribution in [0.1, 0.15) is 11.9 Å². The smallest absolute Gasteiger partial charge is 0.184 e. The lowest BCUT2D eigenvalue weighted by molar-refractivity contribution is -0.297. The second-order valence-electron chi connectivity index (χ2n) is 6.48. The van der Waals surface area contributed by atoms with Crippen LogP contribution < -0.4 is 5.73 Å². The van der Waals surface area contributed by atoms with Gasteiger partial charge in [0.2, 0.25) is 0 Å². The van der Waals surface area contributed by atoms with E-state index in [-0.39, 0.29) is 6.10 Å². The predicted molar refractivity (Wildman–Crippen MR) is 105 cm³/mol. The van der Waals surface area contributed by atoms with Gasteiger partial charge < -0.3 is 25.1 Å². The van der Waals surface area contributed by atoms with Gasteiger partial charge in [0.25, 0.3) is 0 Å². The van der Waals surface area contributed by atoms with Crippen LogP contribution in [0.5, 0.6) is 0 Å². The lowest BCUT2D eigenvalue weighted by Crippen LogP contribution is -2.64. The maximum atomic E-state index is 10.7. The van der Waals surface area contributed by atoms with Crippen molar-refractivity contribution in [1.29, 1.82) is 0 Å². The Kier molecular flexibility index (Phi) is 5.97. The van der Waals surface area contributed by atoms with Crippen LogP contribution in [-0.4, -0.2) is 41.5 Å². The number of aliphatic hydroxyl groups excluding tert-OH is 1. The Hall–Kier alpha value is -0.830. The molecule has 5 nitrogen and oxygen atoms in total. The van der Waals surface area contributed by atoms with Gasteiger partial charge in [-0.25, -0.2) is 0 Å². The second-order valence-corrected chi connectivity index (χ2v) is 8.47. The molecule has 6 unspecified atom stereocenters. The molecule has 0 amide bonds. The molecule has 2 heterocycles. The molecule has 144 valence electrons. The van der Waals surface area contributed by atoms with Crippen LogP contribution in [0.2, 0.25) is 10.0 Å². The largest absolute Gasteiger partial charge is 0.388 e. The van der Waals surface area contributed by atoms with Gasteiger partial charge in [-0.3, -0.25) is 0 Å². The Morgan fingerprint density at radius 3 is 2.56 bits per heavy atom. The Bertz CT molecular complexity index is 795. The average molecular weight is 428 g/mol. The standard InChI is InChI=1S/C19H19Cl2NO4S/c20-12-7-6-11(8-13(12)21)27-19-16(23)15(22)17-14(25-19)9-24-18(26-17)10-4-2-1-3-5-10/h1-8,14-19,23H,9,22H2. The topological polar surface area (TPSA) is 73.9 Å². The molecule has 0 aromatic heterocycles. The van der Waals surface area contributed by atoms with Gasteiger partial charge in [-0.15, -0.1) is 0 Å². The molecule has 3 N–H and O–H groups in total. The van der Waals surface area contributed by atoms with E-state index in [2.05, 4.69) is 0 Å². The van der Waals surface area contributed by atoms with Gasteiger partial charge in [0.1, 0.15) is 23.7 Å². The summed E-state index contributed by atoms with van der Waals surface area (Å²) in [7, 11) is 0. The van der Waals surface area contributed by atoms with Crippen LogP contribution in [0.3, 0.4) is 0 Å². The molecule has 2 aliphatic rings. The number of ether oxygens (including phenoxy) is 3. The first kappa shape index (κ1) is 19.5. The van der Waals surface area contributed by atoms with Crippen LogP contribution in [-0.2, 0) is 14.2 Å². The minimum absolute atomic E-state index is 0.336. The highest BCUT2D eigenvalue weighted by Gasteiger charge is 2.48. The van der Waals surface area contributed by atoms with E-state index in [0.29, 0.717) is 16.7 Å². The van der Waals surface area contributed by atoms with Crippen molar-refractivity contribution in [1.82, 2.24) is 0 Å². The third-order valence-corrected chi connectivity index (χ3v) is 6.52. The molecular weight excluding hydrogens is 409 g/mol. The quantitative estimate of drug-likeness (QED) is 0.778. The number of halogens is 2. The number of fused-ring (bicyclic) bond motifs is 1. The van der Waals surface area contributed by atoms with Gasteiger partial charge in [0.15, 0.2) is 6.29 Å². The van der Waals surface area contributed by atoms with Gasteiger partial charge >= 0.3 is 0 Å². The van der Waals surface area contributed by atoms with Gasteiger partial charge in [0, 0.05) is 10.5 Å². The van der Waals surface area contributed by atoms with E-state index in [9.17, 15) is 5.11 Å². The SMILES string of the molecule is NC1C(O)C(Sc2ccc(Cl)c(Cl)c2)OC2COC(c3ccccc3)OC21. The molecule has 2 aliphatic heterocycles. The van der Waals surface area contributed by atoms with Crippen molar-refractivity contribution >= 4 is 35.0 Å². The molecule has 0 radical (unpaired) electrons. The van der Waals surface area contributed by atoms with E-state index < -0.39 is 30.0 Å². The summed E-state index contributed by atoms with van der Waals surface area (Å²) in [5.41, 5.74) is 6.65. The molecule has 2 aromatic carbocycles. The molecular formula is C19H19Cl2NO4S. The van der Waals surface area contributed by atoms with Crippen molar-refractivity contribution in [3.63, 3.8) is 0 Å². The van der Waals surface area contributed by atoms with E-state index in [1.807, 2.05) is 36.4 Å². The van der Waals surface area contributed by atoms with Crippen molar-refractivity contribution < 1.29 is 19.3 Å². The van der Waals surface area contributed by atoms with Crippen molar-refractivity contribution in [3.8, 4) is 0 Å². The number of benzene rings is 2. The number of thioether (sulfide) groups is 1. The number of hydrogen-bond donors (Lipinski definition) is 2. The lowest BCUT2D eigenvalue weighted by atomic mass is 9.97. The average Bonchev–Trinajstić information content (AvgIpc) is 2.69. The maximum Gasteiger partial charge on any atom is 0.184 e. The molecule has 4 rings (SSSR count). The van der Waals surface area contributed by atoms with Gasteiger partial charge in [-0.05, 0) is 18.2 Å². The van der Waals surface area contributed by atoms with E-state index >= 15 is 0 Å². The zero-order valence-electron chi connectivity index (χ0n) is 14.2. The maximum absolute atomic E-state index is 10.7. The van der Waals surface area contributed by atoms with Crippen LogP contribution in [0.25, 0.3) is 0 Å². The van der Waals surface area contributed by atoms with E-state index in [1.54, 1.807) is 12.1 Å². The van der Waals surface area contributed by atoms with E-state index in [1.165, 1.54) is 11.8 Å². The van der Waals surface area contributed by atoms with Gasteiger partial charge in [-0.1, -0.05) is 65.3 Å². The van der Waals surface area contributed by atoms with Crippen LogP contribution in [0.15, 0.2) is 53.4 Å². The monoisotopic (exact) mass is 427 g/mol. The number of rotatable bonds is 3. The fraction of sp³-hybridized carbons (Fsp3) is 0.368. The number of hydrogen-bond acceptors (Lipinski definition) is 6. The highest BCUT2D eigenvalue weighted by Crippen LogP contribution is 2.39. The molecule has 2 saturated heterocycles. The number of nitrogens with two attached hydrogens (primary N) is 1. The normalized spacial score (nSPS) is 33.5. The zero-order valence-corrected chi connectivity index (χ0v) is 16.5. The molecule has 0 spiro atoms. The summed E-state index contributed by atoms with van der Waals surface area (Å²) in [6.45, 7) is 0.336. The lowest BCUT2D eigenvalue weighted by Gasteiger charge is -2.47. The highest BCUT2D eigenvalue weighted by atomic mass is 35.5. The summed E-state index contributed by atoms with van der Waals surface area (Å²) in [4.78, 5) is 0.832. The van der Waals surface area contributed by atoms with Crippen molar-refractivity contribution in [3.05, 3.63) is 64.1 Å². The van der Waals surface area contributed by atoms with E-state index in [4.69, 9.17) is 43.1 Å². The second kappa shape index (κ2) is 8.27. The van der Waals surface area contributed by atoms with Gasteiger partial charge in [0.05, 0.1) is 22.7 Å². The molecule has 6 atom stereocenters. The minimum Gasteiger partial charge on any atom is -0.388 e. The Labute approximate surface area is 171 Å². The molecule has 2 fully saturated rings. The molecule has 0 aliphatic carbocycles. The Balaban J connectivity index is 1.46. The van der Waals surface area contributed by atoms with Crippen molar-refractivity contribution in [2.24, 2.45) is 5.73 Å². The van der Waals surface area contributed by atoms with Crippen molar-refractivity contribution in [2.45, 2.75) is 41.0 Å². The number of aliphatic hydroxyl groups is 1. The molecule has 0 bridgehead atoms. The summed E-state index contributed by atoms with van der Waals surface area (Å²) in [6, 6.07) is 14.3. The van der Waals surface area contributed by atoms with Crippen LogP contribution in [0.4, 0.5) is 0 Å². The summed E-state index contributed by atoms with van der Waals surface area (Å²) < 4.78 is 17.9. The summed E-state index contributed by atoms with van der Waals surface area (Å²) >= 11 is 13.4. The Morgan fingerprint density at radius 2 is 1.81 bits per heavy atom. The van der Waals surface area contributed by atoms with E-state index in [0.717, 1.165) is 10.5 Å². The third kappa shape index (κ3) is 4.13. The first-order valence-corrected chi connectivity index (χ1v) is 10.2. The minimum atomic E-state index is -0.903. The summed E-state index contributed by atoms with van der Waals surface area (Å²) in [5, 5.41) is 11.6. The molecule has 27 heavy (non-hydrogen) atoms. The molecule has 8 heteroatoms. The van der Waals surface area contributed by atoms with Crippen molar-refractivity contribution in [2.75, 3.05) is 6.61 Å². The summed E-state index contributed by atoms with van der Waals surface area (Å²) in [5.74, 6) is 0. The summed E-state index contributed by atoms with van der Waals surface area (Å²) in [6.07, 6.45) is -2.23. The molecule has 0 saturated carbocycles. The fourth-order valence-corrected chi connectivity index (χ4v) is 4.68. The third-order valence-electron chi connectivity index (χ3n) is 4.64.